The van der Waals surface area contributed by atoms with Gasteiger partial charge in [0.1, 0.15) is 5.75 Å². The molecule has 0 aliphatic carbocycles. The van der Waals surface area contributed by atoms with Crippen LogP contribution in [0.4, 0.5) is 5.82 Å². The molecule has 1 heterocycles. The Morgan fingerprint density at radius 1 is 1.24 bits per heavy atom. The third kappa shape index (κ3) is 2.68. The molecule has 0 saturated heterocycles. The molecule has 2 rings (SSSR count). The summed E-state index contributed by atoms with van der Waals surface area (Å²) in [5, 5.41) is 8.65. The summed E-state index contributed by atoms with van der Waals surface area (Å²) in [6, 6.07) is 8.71. The number of ether oxygens (including phenoxy) is 1. The molecule has 0 aliphatic heterocycles. The highest BCUT2D eigenvalue weighted by molar-refractivity contribution is 5.37. The first-order chi connectivity index (χ1) is 8.31. The highest BCUT2D eigenvalue weighted by Crippen LogP contribution is 2.19. The summed E-state index contributed by atoms with van der Waals surface area (Å²) in [6.07, 6.45) is 2.95. The van der Waals surface area contributed by atoms with E-state index in [1.54, 1.807) is 24.3 Å². The number of nitriles is 1. The number of rotatable bonds is 3. The zero-order chi connectivity index (χ0) is 12.1. The van der Waals surface area contributed by atoms with Crippen molar-refractivity contribution in [1.29, 1.82) is 5.26 Å². The van der Waals surface area contributed by atoms with E-state index in [2.05, 4.69) is 15.4 Å². The van der Waals surface area contributed by atoms with Gasteiger partial charge in [-0.05, 0) is 24.3 Å². The van der Waals surface area contributed by atoms with Gasteiger partial charge in [-0.15, -0.1) is 0 Å². The van der Waals surface area contributed by atoms with Crippen LogP contribution in [0, 0.1) is 11.3 Å². The Morgan fingerprint density at radius 3 is 2.65 bits per heavy atom. The fourth-order valence-electron chi connectivity index (χ4n) is 1.19. The lowest BCUT2D eigenvalue weighted by molar-refractivity contribution is 0.461. The lowest BCUT2D eigenvalue weighted by Crippen LogP contribution is -2.08. The highest BCUT2D eigenvalue weighted by Gasteiger charge is 2.00. The Labute approximate surface area is 97.7 Å². The van der Waals surface area contributed by atoms with Crippen molar-refractivity contribution >= 4 is 5.82 Å². The maximum atomic E-state index is 8.65. The van der Waals surface area contributed by atoms with Gasteiger partial charge in [-0.25, -0.2) is 5.84 Å². The van der Waals surface area contributed by atoms with Crippen LogP contribution in [0.5, 0.6) is 11.6 Å². The number of nitrogen functional groups attached to an aromatic ring is 1. The maximum absolute atomic E-state index is 8.65. The Hall–Kier alpha value is -2.65. The number of benzene rings is 1. The predicted molar refractivity (Wildman–Crippen MR) is 61.1 cm³/mol. The van der Waals surface area contributed by atoms with Crippen molar-refractivity contribution in [2.24, 2.45) is 5.84 Å². The predicted octanol–water partition coefficient (Wildman–Crippen LogP) is 1.43. The van der Waals surface area contributed by atoms with Crippen LogP contribution in [0.3, 0.4) is 0 Å². The van der Waals surface area contributed by atoms with Gasteiger partial charge in [0, 0.05) is 0 Å². The van der Waals surface area contributed by atoms with Gasteiger partial charge >= 0.3 is 0 Å². The normalized spacial score (nSPS) is 9.41. The second-order valence-electron chi connectivity index (χ2n) is 3.13. The first-order valence-corrected chi connectivity index (χ1v) is 4.78. The first-order valence-electron chi connectivity index (χ1n) is 4.78. The van der Waals surface area contributed by atoms with Crippen molar-refractivity contribution in [3.63, 3.8) is 0 Å². The molecule has 2 aromatic rings. The van der Waals surface area contributed by atoms with E-state index in [-0.39, 0.29) is 0 Å². The molecule has 0 spiro atoms. The second-order valence-corrected chi connectivity index (χ2v) is 3.13. The zero-order valence-electron chi connectivity index (χ0n) is 8.79. The molecule has 0 radical (unpaired) electrons. The molecule has 0 bridgehead atoms. The Kier molecular flexibility index (Phi) is 3.14. The minimum absolute atomic E-state index is 0.324. The molecule has 6 heteroatoms. The Morgan fingerprint density at radius 2 is 2.00 bits per heavy atom. The molecule has 17 heavy (non-hydrogen) atoms. The second kappa shape index (κ2) is 4.92. The van der Waals surface area contributed by atoms with Crippen LogP contribution >= 0.6 is 0 Å². The summed E-state index contributed by atoms with van der Waals surface area (Å²) in [4.78, 5) is 7.95. The van der Waals surface area contributed by atoms with Crippen LogP contribution in [0.1, 0.15) is 5.56 Å². The fourth-order valence-corrected chi connectivity index (χ4v) is 1.19. The Bertz CT molecular complexity index is 547. The SMILES string of the molecule is N#Cc1ccc(Oc2cncc(NN)n2)cc1. The summed E-state index contributed by atoms with van der Waals surface area (Å²) in [5.41, 5.74) is 2.94. The molecule has 1 aromatic heterocycles. The maximum Gasteiger partial charge on any atom is 0.239 e. The van der Waals surface area contributed by atoms with Crippen LogP contribution < -0.4 is 16.0 Å². The third-order valence-electron chi connectivity index (χ3n) is 1.97. The van der Waals surface area contributed by atoms with Gasteiger partial charge in [0.05, 0.1) is 24.0 Å². The number of hydrogen-bond donors (Lipinski definition) is 2. The average molecular weight is 227 g/mol. The summed E-state index contributed by atoms with van der Waals surface area (Å²) in [6.45, 7) is 0. The summed E-state index contributed by atoms with van der Waals surface area (Å²) in [7, 11) is 0. The standard InChI is InChI=1S/C11H9N5O/c12-5-8-1-3-9(4-2-8)17-11-7-14-6-10(15-11)16-13/h1-4,6-7H,13H2,(H,15,16). The van der Waals surface area contributed by atoms with Gasteiger partial charge in [0.15, 0.2) is 5.82 Å². The number of nitrogens with two attached hydrogens (primary N) is 1. The van der Waals surface area contributed by atoms with Crippen LogP contribution in [0.15, 0.2) is 36.7 Å². The average Bonchev–Trinajstić information content (AvgIpc) is 2.40. The Balaban J connectivity index is 2.16. The molecule has 0 aliphatic rings. The lowest BCUT2D eigenvalue weighted by atomic mass is 10.2. The molecule has 3 N–H and O–H groups in total. The van der Waals surface area contributed by atoms with E-state index >= 15 is 0 Å². The van der Waals surface area contributed by atoms with Gasteiger partial charge < -0.3 is 10.2 Å². The van der Waals surface area contributed by atoms with E-state index in [9.17, 15) is 0 Å². The van der Waals surface area contributed by atoms with Crippen molar-refractivity contribution in [1.82, 2.24) is 9.97 Å². The van der Waals surface area contributed by atoms with E-state index in [0.29, 0.717) is 23.0 Å². The molecule has 0 unspecified atom stereocenters. The van der Waals surface area contributed by atoms with Crippen molar-refractivity contribution < 1.29 is 4.74 Å². The van der Waals surface area contributed by atoms with E-state index < -0.39 is 0 Å². The lowest BCUT2D eigenvalue weighted by Gasteiger charge is -2.05. The van der Waals surface area contributed by atoms with E-state index in [4.69, 9.17) is 15.8 Å². The van der Waals surface area contributed by atoms with Crippen molar-refractivity contribution in [3.05, 3.63) is 42.2 Å². The summed E-state index contributed by atoms with van der Waals surface area (Å²) in [5.74, 6) is 6.52. The third-order valence-corrected chi connectivity index (χ3v) is 1.97. The molecule has 0 saturated carbocycles. The number of nitrogens with zero attached hydrogens (tertiary/aromatic N) is 3. The van der Waals surface area contributed by atoms with Gasteiger partial charge in [0.2, 0.25) is 5.88 Å². The monoisotopic (exact) mass is 227 g/mol. The van der Waals surface area contributed by atoms with Crippen LogP contribution in [-0.4, -0.2) is 9.97 Å². The molecule has 0 amide bonds. The van der Waals surface area contributed by atoms with Crippen LogP contribution in [0.2, 0.25) is 0 Å². The van der Waals surface area contributed by atoms with Crippen LogP contribution in [-0.2, 0) is 0 Å². The number of hydrogen-bond acceptors (Lipinski definition) is 6. The van der Waals surface area contributed by atoms with Crippen molar-refractivity contribution in [2.45, 2.75) is 0 Å². The molecule has 1 aromatic carbocycles. The van der Waals surface area contributed by atoms with E-state index in [0.717, 1.165) is 0 Å². The minimum atomic E-state index is 0.324. The van der Waals surface area contributed by atoms with E-state index in [1.165, 1.54) is 12.4 Å². The largest absolute Gasteiger partial charge is 0.437 e. The number of aromatic nitrogens is 2. The molecule has 6 nitrogen and oxygen atoms in total. The molecule has 0 fully saturated rings. The molecular weight excluding hydrogens is 218 g/mol. The molecule has 84 valence electrons. The topological polar surface area (TPSA) is 96.8 Å². The van der Waals surface area contributed by atoms with Crippen molar-refractivity contribution in [3.8, 4) is 17.7 Å². The molecule has 0 atom stereocenters. The fraction of sp³-hybridized carbons (Fsp3) is 0. The summed E-state index contributed by atoms with van der Waals surface area (Å²) >= 11 is 0. The molecular formula is C11H9N5O. The number of hydrazine groups is 1. The summed E-state index contributed by atoms with van der Waals surface area (Å²) < 4.78 is 5.44. The van der Waals surface area contributed by atoms with Crippen LogP contribution in [0.25, 0.3) is 0 Å². The van der Waals surface area contributed by atoms with Gasteiger partial charge in [-0.3, -0.25) is 4.98 Å². The van der Waals surface area contributed by atoms with E-state index in [1.807, 2.05) is 6.07 Å². The number of nitrogens with one attached hydrogen (secondary N) is 1. The zero-order valence-corrected chi connectivity index (χ0v) is 8.79. The van der Waals surface area contributed by atoms with Gasteiger partial charge in [0.25, 0.3) is 0 Å². The minimum Gasteiger partial charge on any atom is -0.437 e. The number of anilines is 1. The van der Waals surface area contributed by atoms with Gasteiger partial charge in [-0.1, -0.05) is 0 Å². The first kappa shape index (κ1) is 10.9. The van der Waals surface area contributed by atoms with Crippen molar-refractivity contribution in [2.75, 3.05) is 5.43 Å². The quantitative estimate of drug-likeness (QED) is 0.608. The van der Waals surface area contributed by atoms with Gasteiger partial charge in [-0.2, -0.15) is 10.2 Å². The highest BCUT2D eigenvalue weighted by atomic mass is 16.5. The smallest absolute Gasteiger partial charge is 0.239 e.